The van der Waals surface area contributed by atoms with Crippen LogP contribution in [0.15, 0.2) is 42.5 Å². The third-order valence-corrected chi connectivity index (χ3v) is 5.63. The number of hydrazine groups is 2. The largest absolute Gasteiger partial charge is 0.495 e. The van der Waals surface area contributed by atoms with Gasteiger partial charge in [-0.3, -0.25) is 15.8 Å². The van der Waals surface area contributed by atoms with Crippen LogP contribution < -0.4 is 20.5 Å². The van der Waals surface area contributed by atoms with Crippen molar-refractivity contribution in [2.24, 2.45) is 0 Å². The van der Waals surface area contributed by atoms with E-state index in [1.807, 2.05) is 35.4 Å². The van der Waals surface area contributed by atoms with Crippen molar-refractivity contribution in [1.82, 2.24) is 10.0 Å². The number of anilines is 3. The molecule has 0 unspecified atom stereocenters. The molecule has 7 heteroatoms. The summed E-state index contributed by atoms with van der Waals surface area (Å²) in [5, 5.41) is 2.79. The predicted octanol–water partition coefficient (Wildman–Crippen LogP) is 3.92. The van der Waals surface area contributed by atoms with Crippen LogP contribution in [0.1, 0.15) is 12.8 Å². The highest BCUT2D eigenvalue weighted by Gasteiger charge is 2.20. The van der Waals surface area contributed by atoms with Crippen LogP contribution in [0.25, 0.3) is 0 Å². The minimum Gasteiger partial charge on any atom is -0.495 e. The van der Waals surface area contributed by atoms with E-state index >= 15 is 0 Å². The van der Waals surface area contributed by atoms with E-state index in [0.717, 1.165) is 67.8 Å². The maximum atomic E-state index is 6.05. The molecule has 0 saturated carbocycles. The van der Waals surface area contributed by atoms with Gasteiger partial charge in [0.15, 0.2) is 0 Å². The Morgan fingerprint density at radius 2 is 1.68 bits per heavy atom. The van der Waals surface area contributed by atoms with Crippen LogP contribution in [0.5, 0.6) is 5.75 Å². The van der Waals surface area contributed by atoms with Gasteiger partial charge in [-0.15, -0.1) is 5.12 Å². The van der Waals surface area contributed by atoms with Gasteiger partial charge >= 0.3 is 0 Å². The topological polar surface area (TPSA) is 43.0 Å². The van der Waals surface area contributed by atoms with E-state index in [0.29, 0.717) is 0 Å². The lowest BCUT2D eigenvalue weighted by Crippen LogP contribution is -2.46. The number of fused-ring (bicyclic) bond motifs is 1. The third-order valence-electron chi connectivity index (χ3n) is 5.40. The van der Waals surface area contributed by atoms with Crippen molar-refractivity contribution in [1.29, 1.82) is 0 Å². The number of methoxy groups -OCH3 is 1. The van der Waals surface area contributed by atoms with Crippen molar-refractivity contribution in [2.75, 3.05) is 62.1 Å². The summed E-state index contributed by atoms with van der Waals surface area (Å²) in [6.45, 7) is 6.39. The molecule has 0 radical (unpaired) electrons. The lowest BCUT2D eigenvalue weighted by atomic mass is 10.2. The number of nitrogens with zero attached hydrogens (tertiary/aromatic N) is 3. The second-order valence-electron chi connectivity index (χ2n) is 7.27. The fourth-order valence-corrected chi connectivity index (χ4v) is 4.02. The molecule has 2 aliphatic rings. The SMILES string of the molecule is COc1ccccc1N1CCN(CCCCN2Nc3ccc(Cl)cc3N2)CC1. The van der Waals surface area contributed by atoms with Crippen molar-refractivity contribution >= 4 is 28.7 Å². The van der Waals surface area contributed by atoms with Gasteiger partial charge < -0.3 is 9.64 Å². The number of benzene rings is 2. The van der Waals surface area contributed by atoms with Crippen molar-refractivity contribution in [3.63, 3.8) is 0 Å². The summed E-state index contributed by atoms with van der Waals surface area (Å²) in [4.78, 5) is 4.99. The van der Waals surface area contributed by atoms with E-state index in [1.54, 1.807) is 7.11 Å². The second-order valence-corrected chi connectivity index (χ2v) is 7.71. The van der Waals surface area contributed by atoms with Gasteiger partial charge in [-0.1, -0.05) is 23.7 Å². The number of piperazine rings is 1. The number of hydrogen-bond donors (Lipinski definition) is 2. The van der Waals surface area contributed by atoms with Gasteiger partial charge in [0.1, 0.15) is 5.75 Å². The van der Waals surface area contributed by atoms with Gasteiger partial charge in [0.05, 0.1) is 24.2 Å². The minimum atomic E-state index is 0.752. The maximum absolute atomic E-state index is 6.05. The zero-order valence-corrected chi connectivity index (χ0v) is 17.1. The fourth-order valence-electron chi connectivity index (χ4n) is 3.85. The van der Waals surface area contributed by atoms with Gasteiger partial charge in [-0.05, 0) is 49.7 Å². The molecule has 0 bridgehead atoms. The first-order valence-electron chi connectivity index (χ1n) is 9.93. The number of ether oxygens (including phenoxy) is 1. The van der Waals surface area contributed by atoms with Crippen LogP contribution in [0.3, 0.4) is 0 Å². The van der Waals surface area contributed by atoms with Crippen LogP contribution >= 0.6 is 11.6 Å². The molecule has 6 nitrogen and oxygen atoms in total. The Kier molecular flexibility index (Phi) is 6.10. The standard InChI is InChI=1S/C21H28ClN5O/c1-28-21-7-3-2-6-20(21)26-14-12-25(13-15-26)10-4-5-11-27-23-18-9-8-17(22)16-19(18)24-27/h2-3,6-9,16,23-24H,4-5,10-15H2,1H3. The van der Waals surface area contributed by atoms with Gasteiger partial charge in [-0.25, -0.2) is 0 Å². The van der Waals surface area contributed by atoms with Crippen LogP contribution in [0.2, 0.25) is 5.02 Å². The summed E-state index contributed by atoms with van der Waals surface area (Å²) in [5.41, 5.74) is 10.0. The van der Waals surface area contributed by atoms with E-state index in [9.17, 15) is 0 Å². The summed E-state index contributed by atoms with van der Waals surface area (Å²) in [6.07, 6.45) is 2.32. The van der Waals surface area contributed by atoms with E-state index in [2.05, 4.69) is 32.8 Å². The Labute approximate surface area is 171 Å². The quantitative estimate of drug-likeness (QED) is 0.685. The molecule has 4 rings (SSSR count). The number of unbranched alkanes of at least 4 members (excludes halogenated alkanes) is 1. The summed E-state index contributed by atoms with van der Waals surface area (Å²) in [6, 6.07) is 14.1. The van der Waals surface area contributed by atoms with E-state index in [1.165, 1.54) is 12.1 Å². The maximum Gasteiger partial charge on any atom is 0.142 e. The average molecular weight is 402 g/mol. The van der Waals surface area contributed by atoms with Crippen molar-refractivity contribution in [2.45, 2.75) is 12.8 Å². The Bertz CT molecular complexity index is 794. The molecule has 28 heavy (non-hydrogen) atoms. The number of hydrogen-bond acceptors (Lipinski definition) is 6. The summed E-state index contributed by atoms with van der Waals surface area (Å²) in [7, 11) is 1.74. The molecule has 0 spiro atoms. The normalized spacial score (nSPS) is 17.1. The summed E-state index contributed by atoms with van der Waals surface area (Å²) in [5.74, 6) is 0.962. The first-order valence-corrected chi connectivity index (χ1v) is 10.3. The van der Waals surface area contributed by atoms with E-state index in [-0.39, 0.29) is 0 Å². The predicted molar refractivity (Wildman–Crippen MR) is 116 cm³/mol. The fraction of sp³-hybridized carbons (Fsp3) is 0.429. The molecular weight excluding hydrogens is 374 g/mol. The van der Waals surface area contributed by atoms with Gasteiger partial charge in [0.2, 0.25) is 0 Å². The lowest BCUT2D eigenvalue weighted by Gasteiger charge is -2.36. The summed E-state index contributed by atoms with van der Waals surface area (Å²) >= 11 is 6.05. The first-order chi connectivity index (χ1) is 13.7. The van der Waals surface area contributed by atoms with Crippen molar-refractivity contribution in [3.8, 4) is 5.75 Å². The molecule has 0 atom stereocenters. The number of halogens is 1. The van der Waals surface area contributed by atoms with Crippen molar-refractivity contribution < 1.29 is 4.74 Å². The molecule has 2 aliphatic heterocycles. The smallest absolute Gasteiger partial charge is 0.142 e. The molecule has 2 aromatic rings. The lowest BCUT2D eigenvalue weighted by molar-refractivity contribution is 0.247. The van der Waals surface area contributed by atoms with Crippen LogP contribution in [0.4, 0.5) is 17.1 Å². The molecule has 0 aliphatic carbocycles. The Morgan fingerprint density at radius 1 is 0.929 bits per heavy atom. The first kappa shape index (κ1) is 19.2. The highest BCUT2D eigenvalue weighted by atomic mass is 35.5. The minimum absolute atomic E-state index is 0.752. The van der Waals surface area contributed by atoms with Gasteiger partial charge in [0.25, 0.3) is 0 Å². The molecule has 1 fully saturated rings. The zero-order chi connectivity index (χ0) is 19.3. The van der Waals surface area contributed by atoms with Crippen LogP contribution in [-0.4, -0.2) is 56.4 Å². The van der Waals surface area contributed by atoms with E-state index < -0.39 is 0 Å². The second kappa shape index (κ2) is 8.90. The number of para-hydroxylation sites is 2. The number of nitrogens with one attached hydrogen (secondary N) is 2. The molecule has 2 aromatic carbocycles. The van der Waals surface area contributed by atoms with Crippen molar-refractivity contribution in [3.05, 3.63) is 47.5 Å². The highest BCUT2D eigenvalue weighted by molar-refractivity contribution is 6.31. The average Bonchev–Trinajstić information content (AvgIpc) is 3.13. The molecule has 2 N–H and O–H groups in total. The zero-order valence-electron chi connectivity index (χ0n) is 16.3. The number of rotatable bonds is 7. The Morgan fingerprint density at radius 3 is 2.50 bits per heavy atom. The van der Waals surface area contributed by atoms with Crippen LogP contribution in [-0.2, 0) is 0 Å². The molecule has 150 valence electrons. The molecular formula is C21H28ClN5O. The molecule has 2 heterocycles. The van der Waals surface area contributed by atoms with Gasteiger partial charge in [0, 0.05) is 37.7 Å². The Hall–Kier alpha value is -2.15. The van der Waals surface area contributed by atoms with Crippen LogP contribution in [0, 0.1) is 0 Å². The molecule has 0 amide bonds. The molecule has 0 aromatic heterocycles. The summed E-state index contributed by atoms with van der Waals surface area (Å²) < 4.78 is 5.50. The highest BCUT2D eigenvalue weighted by Crippen LogP contribution is 2.31. The monoisotopic (exact) mass is 401 g/mol. The third kappa shape index (κ3) is 4.46. The van der Waals surface area contributed by atoms with E-state index in [4.69, 9.17) is 16.3 Å². The van der Waals surface area contributed by atoms with Gasteiger partial charge in [-0.2, -0.15) is 0 Å². The molecule has 1 saturated heterocycles. The Balaban J connectivity index is 1.16.